The van der Waals surface area contributed by atoms with Crippen LogP contribution in [0, 0.1) is 0 Å². The Morgan fingerprint density at radius 3 is 1.97 bits per heavy atom. The van der Waals surface area contributed by atoms with E-state index >= 15 is 0 Å². The van der Waals surface area contributed by atoms with Gasteiger partial charge in [0.2, 0.25) is 5.78 Å². The van der Waals surface area contributed by atoms with E-state index in [0.717, 1.165) is 4.57 Å². The number of rotatable bonds is 5. The topological polar surface area (TPSA) is 117 Å². The molecule has 2 heterocycles. The lowest BCUT2D eigenvalue weighted by Gasteiger charge is -2.08. The predicted molar refractivity (Wildman–Crippen MR) is 133 cm³/mol. The quantitative estimate of drug-likeness (QED) is 0.175. The summed E-state index contributed by atoms with van der Waals surface area (Å²) < 4.78 is 2.96. The number of phenolic OH excluding ortho intramolecular Hbond substituents is 2. The Kier molecular flexibility index (Phi) is 5.92. The number of aromatic amines is 1. The van der Waals surface area contributed by atoms with Crippen molar-refractivity contribution in [1.82, 2.24) is 14.1 Å². The van der Waals surface area contributed by atoms with Crippen LogP contribution in [0.3, 0.4) is 0 Å². The molecule has 0 aliphatic heterocycles. The molecule has 4 aromatic rings. The number of hydrogen-bond donors (Lipinski definition) is 3. The van der Waals surface area contributed by atoms with Crippen molar-refractivity contribution in [1.29, 1.82) is 0 Å². The number of alkyl halides is 2. The largest absolute Gasteiger partial charge is 0.508 e. The number of benzene rings is 2. The Balaban J connectivity index is 2.14. The maximum Gasteiger partial charge on any atom is 0.334 e. The molecular formula is C21H15I2N3O5. The second-order valence-corrected chi connectivity index (χ2v) is 8.07. The number of H-pyrrole nitrogens is 1. The highest BCUT2D eigenvalue weighted by molar-refractivity contribution is 14.1. The number of carbonyl (C=O) groups is 1. The highest BCUT2D eigenvalue weighted by atomic mass is 127. The van der Waals surface area contributed by atoms with E-state index in [-0.39, 0.29) is 37.3 Å². The minimum Gasteiger partial charge on any atom is -0.508 e. The molecule has 0 radical (unpaired) electrons. The van der Waals surface area contributed by atoms with Gasteiger partial charge in [-0.3, -0.25) is 14.2 Å². The normalized spacial score (nSPS) is 11.2. The molecule has 0 aliphatic rings. The Hall–Kier alpha value is -2.61. The lowest BCUT2D eigenvalue weighted by atomic mass is 9.98. The molecule has 3 N–H and O–H groups in total. The van der Waals surface area contributed by atoms with Crippen LogP contribution in [0.25, 0.3) is 22.2 Å². The van der Waals surface area contributed by atoms with Crippen molar-refractivity contribution in [2.75, 3.05) is 0 Å². The number of carbonyl (C=O) groups excluding carboxylic acids is 1. The zero-order valence-electron chi connectivity index (χ0n) is 15.8. The van der Waals surface area contributed by atoms with Crippen LogP contribution in [-0.2, 0) is 9.10 Å². The van der Waals surface area contributed by atoms with E-state index in [2.05, 4.69) is 4.98 Å². The fraction of sp³-hybridized carbons (Fsp3) is 0.0952. The number of nitrogens with one attached hydrogen (secondary N) is 1. The molecule has 4 rings (SSSR count). The summed E-state index contributed by atoms with van der Waals surface area (Å²) in [6.07, 6.45) is 0. The molecule has 0 amide bonds. The summed E-state index contributed by atoms with van der Waals surface area (Å²) in [5.74, 6) is -0.327. The van der Waals surface area contributed by atoms with Crippen molar-refractivity contribution in [2.45, 2.75) is 9.10 Å². The van der Waals surface area contributed by atoms with Gasteiger partial charge in [-0.15, -0.1) is 0 Å². The smallest absolute Gasteiger partial charge is 0.334 e. The lowest BCUT2D eigenvalue weighted by molar-refractivity contribution is 0.103. The number of aromatic nitrogens is 3. The Morgan fingerprint density at radius 1 is 0.871 bits per heavy atom. The summed E-state index contributed by atoms with van der Waals surface area (Å²) in [4.78, 5) is 42.4. The number of halogens is 2. The van der Waals surface area contributed by atoms with Crippen molar-refractivity contribution in [3.05, 3.63) is 80.6 Å². The van der Waals surface area contributed by atoms with Gasteiger partial charge < -0.3 is 15.2 Å². The van der Waals surface area contributed by atoms with E-state index < -0.39 is 17.0 Å². The molecule has 0 aliphatic carbocycles. The van der Waals surface area contributed by atoms with E-state index in [1.165, 1.54) is 41.0 Å². The van der Waals surface area contributed by atoms with Crippen molar-refractivity contribution in [3.8, 4) is 22.6 Å². The van der Waals surface area contributed by atoms with Gasteiger partial charge in [0.25, 0.3) is 5.56 Å². The summed E-state index contributed by atoms with van der Waals surface area (Å²) in [7, 11) is 0. The van der Waals surface area contributed by atoms with Gasteiger partial charge in [0.05, 0.1) is 20.2 Å². The number of aromatic hydroxyl groups is 2. The van der Waals surface area contributed by atoms with E-state index in [1.807, 2.05) is 45.2 Å². The summed E-state index contributed by atoms with van der Waals surface area (Å²) in [5.41, 5.74) is 0.644. The van der Waals surface area contributed by atoms with Crippen molar-refractivity contribution in [2.24, 2.45) is 0 Å². The number of hydrogen-bond acceptors (Lipinski definition) is 5. The summed E-state index contributed by atoms with van der Waals surface area (Å²) in [6.45, 7) is 0. The first-order chi connectivity index (χ1) is 14.9. The Morgan fingerprint density at radius 2 is 1.42 bits per heavy atom. The third-order valence-electron chi connectivity index (χ3n) is 4.92. The third-order valence-corrected chi connectivity index (χ3v) is 6.29. The van der Waals surface area contributed by atoms with Crippen LogP contribution >= 0.6 is 45.2 Å². The van der Waals surface area contributed by atoms with E-state index in [0.29, 0.717) is 16.7 Å². The molecule has 0 spiro atoms. The first-order valence-corrected chi connectivity index (χ1v) is 12.1. The highest BCUT2D eigenvalue weighted by Gasteiger charge is 2.26. The molecule has 10 heteroatoms. The monoisotopic (exact) mass is 643 g/mol. The third kappa shape index (κ3) is 3.67. The molecule has 158 valence electrons. The van der Waals surface area contributed by atoms with Gasteiger partial charge in [0, 0.05) is 11.1 Å². The van der Waals surface area contributed by atoms with Gasteiger partial charge in [-0.1, -0.05) is 57.3 Å². The maximum atomic E-state index is 13.4. The zero-order valence-corrected chi connectivity index (χ0v) is 20.1. The molecule has 2 aromatic heterocycles. The average Bonchev–Trinajstić information content (AvgIpc) is 3.15. The molecule has 0 bridgehead atoms. The van der Waals surface area contributed by atoms with Crippen LogP contribution in [-0.4, -0.2) is 30.1 Å². The van der Waals surface area contributed by atoms with Gasteiger partial charge >= 0.3 is 5.69 Å². The van der Waals surface area contributed by atoms with Gasteiger partial charge in [-0.05, 0) is 42.0 Å². The van der Waals surface area contributed by atoms with Crippen molar-refractivity contribution < 1.29 is 15.0 Å². The van der Waals surface area contributed by atoms with Gasteiger partial charge in [0.1, 0.15) is 17.1 Å². The van der Waals surface area contributed by atoms with Crippen LogP contribution in [0.1, 0.15) is 16.1 Å². The zero-order chi connectivity index (χ0) is 22.3. The fourth-order valence-electron chi connectivity index (χ4n) is 3.42. The predicted octanol–water partition coefficient (Wildman–Crippen LogP) is 3.59. The Labute approximate surface area is 202 Å². The maximum absolute atomic E-state index is 13.4. The van der Waals surface area contributed by atoms with Crippen molar-refractivity contribution >= 4 is 62.0 Å². The first-order valence-electron chi connectivity index (χ1n) is 9.01. The lowest BCUT2D eigenvalue weighted by Crippen LogP contribution is -2.38. The number of ketones is 1. The second-order valence-electron chi connectivity index (χ2n) is 6.70. The average molecular weight is 643 g/mol. The second kappa shape index (κ2) is 8.49. The minimum atomic E-state index is -0.500. The van der Waals surface area contributed by atoms with Gasteiger partial charge in [-0.25, -0.2) is 9.36 Å². The van der Waals surface area contributed by atoms with Crippen LogP contribution in [0.5, 0.6) is 11.5 Å². The molecule has 31 heavy (non-hydrogen) atoms. The standard InChI is InChI=1S/C21H15I2N3O5/c22-9-25-19-16(20(30)26(10-23)21(25)31)15(11-1-5-13(27)6-2-11)17(24-19)18(29)12-3-7-14(28)8-4-12/h1-8,24,27-28H,9-10H2. The molecule has 0 fully saturated rings. The number of fused-ring (bicyclic) bond motifs is 1. The molecular weight excluding hydrogens is 628 g/mol. The summed E-state index contributed by atoms with van der Waals surface area (Å²) in [5, 5.41) is 19.5. The highest BCUT2D eigenvalue weighted by Crippen LogP contribution is 2.33. The fourth-order valence-corrected chi connectivity index (χ4v) is 4.66. The minimum absolute atomic E-state index is 0.0237. The first kappa shape index (κ1) is 21.6. The Bertz CT molecular complexity index is 1420. The molecule has 2 aromatic carbocycles. The van der Waals surface area contributed by atoms with Crippen LogP contribution < -0.4 is 11.2 Å². The summed E-state index contributed by atoms with van der Waals surface area (Å²) >= 11 is 3.97. The van der Waals surface area contributed by atoms with Gasteiger partial charge in [0.15, 0.2) is 0 Å². The summed E-state index contributed by atoms with van der Waals surface area (Å²) in [6, 6.07) is 11.9. The number of nitrogens with zero attached hydrogens (tertiary/aromatic N) is 2. The SMILES string of the molecule is O=C(c1ccc(O)cc1)c1[nH]c2c(c1-c1ccc(O)cc1)c(=O)n(CI)c(=O)n2CI. The molecule has 0 unspecified atom stereocenters. The van der Waals surface area contributed by atoms with Gasteiger partial charge in [-0.2, -0.15) is 0 Å². The van der Waals surface area contributed by atoms with Crippen LogP contribution in [0.4, 0.5) is 0 Å². The molecule has 0 saturated heterocycles. The van der Waals surface area contributed by atoms with E-state index in [1.54, 1.807) is 12.1 Å². The van der Waals surface area contributed by atoms with E-state index in [9.17, 15) is 24.6 Å². The number of phenols is 2. The van der Waals surface area contributed by atoms with E-state index in [4.69, 9.17) is 0 Å². The molecule has 0 saturated carbocycles. The van der Waals surface area contributed by atoms with Crippen LogP contribution in [0.15, 0.2) is 58.1 Å². The van der Waals surface area contributed by atoms with Crippen molar-refractivity contribution in [3.63, 3.8) is 0 Å². The van der Waals surface area contributed by atoms with Crippen LogP contribution in [0.2, 0.25) is 0 Å². The molecule has 0 atom stereocenters. The molecule has 8 nitrogen and oxygen atoms in total.